The zero-order chi connectivity index (χ0) is 12.1. The molecule has 0 unspecified atom stereocenters. The minimum atomic E-state index is -0.169. The van der Waals surface area contributed by atoms with Crippen LogP contribution in [0.15, 0.2) is 18.2 Å². The summed E-state index contributed by atoms with van der Waals surface area (Å²) in [4.78, 5) is 11.5. The lowest BCUT2D eigenvalue weighted by Gasteiger charge is -2.12. The summed E-state index contributed by atoms with van der Waals surface area (Å²) in [5, 5.41) is 2.84. The highest BCUT2D eigenvalue weighted by atomic mass is 79.9. The van der Waals surface area contributed by atoms with E-state index in [2.05, 4.69) is 21.2 Å². The Bertz CT molecular complexity index is 379. The molecule has 3 nitrogen and oxygen atoms in total. The first-order chi connectivity index (χ1) is 7.58. The third-order valence-corrected chi connectivity index (χ3v) is 3.32. The Kier molecular flexibility index (Phi) is 4.80. The van der Waals surface area contributed by atoms with Crippen LogP contribution in [-0.4, -0.2) is 17.8 Å². The quantitative estimate of drug-likeness (QED) is 0.864. The molecule has 0 aliphatic heterocycles. The van der Waals surface area contributed by atoms with Crippen LogP contribution in [0.25, 0.3) is 0 Å². The Balaban J connectivity index is 2.87. The van der Waals surface area contributed by atoms with Gasteiger partial charge in [-0.3, -0.25) is 4.79 Å². The molecule has 1 atom stereocenters. The van der Waals surface area contributed by atoms with E-state index in [4.69, 9.17) is 4.74 Å². The summed E-state index contributed by atoms with van der Waals surface area (Å²) in [5.41, 5.74) is 1.80. The number of amides is 1. The van der Waals surface area contributed by atoms with Crippen molar-refractivity contribution in [3.05, 3.63) is 23.8 Å². The van der Waals surface area contributed by atoms with Gasteiger partial charge in [-0.2, -0.15) is 0 Å². The normalized spacial score (nSPS) is 12.0. The van der Waals surface area contributed by atoms with Gasteiger partial charge in [-0.15, -0.1) is 0 Å². The van der Waals surface area contributed by atoms with Gasteiger partial charge in [-0.25, -0.2) is 0 Å². The Morgan fingerprint density at radius 2 is 2.25 bits per heavy atom. The molecule has 0 spiro atoms. The van der Waals surface area contributed by atoms with E-state index in [1.54, 1.807) is 7.11 Å². The maximum atomic E-state index is 11.7. The molecule has 0 fully saturated rings. The molecule has 0 aromatic heterocycles. The molecule has 0 heterocycles. The molecule has 0 bridgehead atoms. The van der Waals surface area contributed by atoms with Gasteiger partial charge in [-0.05, 0) is 31.0 Å². The second-order valence-electron chi connectivity index (χ2n) is 3.57. The van der Waals surface area contributed by atoms with Crippen LogP contribution in [0.2, 0.25) is 0 Å². The number of nitrogens with one attached hydrogen (secondary N) is 1. The fraction of sp³-hybridized carbons (Fsp3) is 0.417. The monoisotopic (exact) mass is 285 g/mol. The van der Waals surface area contributed by atoms with Crippen molar-refractivity contribution in [1.82, 2.24) is 0 Å². The van der Waals surface area contributed by atoms with Crippen LogP contribution in [0.1, 0.15) is 18.9 Å². The Morgan fingerprint density at radius 3 is 2.81 bits per heavy atom. The fourth-order valence-corrected chi connectivity index (χ4v) is 1.43. The summed E-state index contributed by atoms with van der Waals surface area (Å²) >= 11 is 3.31. The molecule has 0 saturated heterocycles. The lowest BCUT2D eigenvalue weighted by Crippen LogP contribution is -2.22. The van der Waals surface area contributed by atoms with Gasteiger partial charge in [0.25, 0.3) is 0 Å². The molecular weight excluding hydrogens is 270 g/mol. The van der Waals surface area contributed by atoms with Gasteiger partial charge in [0, 0.05) is 0 Å². The smallest absolute Gasteiger partial charge is 0.238 e. The van der Waals surface area contributed by atoms with Crippen molar-refractivity contribution in [3.8, 4) is 5.75 Å². The molecule has 1 aromatic rings. The second-order valence-corrected chi connectivity index (χ2v) is 4.67. The largest absolute Gasteiger partial charge is 0.495 e. The standard InChI is InChI=1S/C12H16BrNO2/c1-4-9(13)12(15)14-10-7-8(2)5-6-11(10)16-3/h5-7,9H,4H2,1-3H3,(H,14,15)/t9-/m1/s1. The Morgan fingerprint density at radius 1 is 1.56 bits per heavy atom. The highest BCUT2D eigenvalue weighted by Crippen LogP contribution is 2.25. The zero-order valence-corrected chi connectivity index (χ0v) is 11.3. The number of hydrogen-bond acceptors (Lipinski definition) is 2. The predicted molar refractivity (Wildman–Crippen MR) is 69.4 cm³/mol. The van der Waals surface area contributed by atoms with Crippen LogP contribution in [0.4, 0.5) is 5.69 Å². The van der Waals surface area contributed by atoms with E-state index in [0.29, 0.717) is 11.4 Å². The molecule has 88 valence electrons. The maximum Gasteiger partial charge on any atom is 0.238 e. The van der Waals surface area contributed by atoms with E-state index in [-0.39, 0.29) is 10.7 Å². The molecule has 4 heteroatoms. The molecule has 1 N–H and O–H groups in total. The number of anilines is 1. The number of aryl methyl sites for hydroxylation is 1. The molecule has 1 rings (SSSR count). The first kappa shape index (κ1) is 13.0. The Labute approximate surface area is 104 Å². The number of methoxy groups -OCH3 is 1. The van der Waals surface area contributed by atoms with Gasteiger partial charge in [0.05, 0.1) is 17.6 Å². The molecular formula is C12H16BrNO2. The van der Waals surface area contributed by atoms with Crippen LogP contribution in [-0.2, 0) is 4.79 Å². The number of carbonyl (C=O) groups excluding carboxylic acids is 1. The molecule has 1 aromatic carbocycles. The maximum absolute atomic E-state index is 11.7. The number of halogens is 1. The summed E-state index contributed by atoms with van der Waals surface area (Å²) in [5.74, 6) is 0.626. The third kappa shape index (κ3) is 3.23. The van der Waals surface area contributed by atoms with Crippen molar-refractivity contribution in [2.75, 3.05) is 12.4 Å². The summed E-state index contributed by atoms with van der Waals surface area (Å²) in [7, 11) is 1.59. The number of rotatable bonds is 4. The highest BCUT2D eigenvalue weighted by molar-refractivity contribution is 9.10. The van der Waals surface area contributed by atoms with E-state index in [0.717, 1.165) is 12.0 Å². The number of ether oxygens (including phenoxy) is 1. The minimum Gasteiger partial charge on any atom is -0.495 e. The van der Waals surface area contributed by atoms with Gasteiger partial charge >= 0.3 is 0 Å². The zero-order valence-electron chi connectivity index (χ0n) is 9.71. The second kappa shape index (κ2) is 5.89. The summed E-state index contributed by atoms with van der Waals surface area (Å²) in [6.45, 7) is 3.92. The van der Waals surface area contributed by atoms with Gasteiger partial charge in [0.1, 0.15) is 5.75 Å². The van der Waals surface area contributed by atoms with Gasteiger partial charge in [0.2, 0.25) is 5.91 Å². The van der Waals surface area contributed by atoms with Crippen molar-refractivity contribution < 1.29 is 9.53 Å². The topological polar surface area (TPSA) is 38.3 Å². The van der Waals surface area contributed by atoms with Crippen molar-refractivity contribution in [3.63, 3.8) is 0 Å². The van der Waals surface area contributed by atoms with Crippen LogP contribution >= 0.6 is 15.9 Å². The van der Waals surface area contributed by atoms with Crippen LogP contribution < -0.4 is 10.1 Å². The SMILES string of the molecule is CC[C@@H](Br)C(=O)Nc1cc(C)ccc1OC. The highest BCUT2D eigenvalue weighted by Gasteiger charge is 2.14. The molecule has 0 saturated carbocycles. The number of benzene rings is 1. The third-order valence-electron chi connectivity index (χ3n) is 2.26. The molecule has 0 radical (unpaired) electrons. The van der Waals surface area contributed by atoms with E-state index in [1.165, 1.54) is 0 Å². The molecule has 16 heavy (non-hydrogen) atoms. The first-order valence-corrected chi connectivity index (χ1v) is 6.09. The first-order valence-electron chi connectivity index (χ1n) is 5.18. The molecule has 0 aliphatic carbocycles. The van der Waals surface area contributed by atoms with E-state index in [1.807, 2.05) is 32.0 Å². The van der Waals surface area contributed by atoms with Crippen LogP contribution in [0.5, 0.6) is 5.75 Å². The van der Waals surface area contributed by atoms with E-state index >= 15 is 0 Å². The summed E-state index contributed by atoms with van der Waals surface area (Å²) in [6, 6.07) is 5.69. The van der Waals surface area contributed by atoms with Crippen molar-refractivity contribution in [2.45, 2.75) is 25.1 Å². The van der Waals surface area contributed by atoms with Gasteiger partial charge in [-0.1, -0.05) is 28.9 Å². The number of carbonyl (C=O) groups is 1. The number of hydrogen-bond donors (Lipinski definition) is 1. The van der Waals surface area contributed by atoms with Crippen LogP contribution in [0.3, 0.4) is 0 Å². The van der Waals surface area contributed by atoms with Crippen molar-refractivity contribution in [2.24, 2.45) is 0 Å². The average molecular weight is 286 g/mol. The van der Waals surface area contributed by atoms with Crippen molar-refractivity contribution in [1.29, 1.82) is 0 Å². The van der Waals surface area contributed by atoms with E-state index in [9.17, 15) is 4.79 Å². The van der Waals surface area contributed by atoms with E-state index < -0.39 is 0 Å². The van der Waals surface area contributed by atoms with Gasteiger partial charge < -0.3 is 10.1 Å². The predicted octanol–water partition coefficient (Wildman–Crippen LogP) is 3.12. The van der Waals surface area contributed by atoms with Gasteiger partial charge in [0.15, 0.2) is 0 Å². The summed E-state index contributed by atoms with van der Waals surface area (Å²) in [6.07, 6.45) is 0.750. The lowest BCUT2D eigenvalue weighted by molar-refractivity contribution is -0.115. The van der Waals surface area contributed by atoms with Crippen molar-refractivity contribution >= 4 is 27.5 Å². The molecule has 1 amide bonds. The minimum absolute atomic E-state index is 0.0496. The average Bonchev–Trinajstić information content (AvgIpc) is 2.28. The lowest BCUT2D eigenvalue weighted by atomic mass is 10.2. The fourth-order valence-electron chi connectivity index (χ4n) is 1.32. The molecule has 0 aliphatic rings. The number of alkyl halides is 1. The summed E-state index contributed by atoms with van der Waals surface area (Å²) < 4.78 is 5.18. The van der Waals surface area contributed by atoms with Crippen LogP contribution in [0, 0.1) is 6.92 Å². The Hall–Kier alpha value is -1.03.